The Bertz CT molecular complexity index is 336. The first-order valence-corrected chi connectivity index (χ1v) is 8.53. The van der Waals surface area contributed by atoms with Gasteiger partial charge in [-0.25, -0.2) is 4.79 Å². The van der Waals surface area contributed by atoms with Gasteiger partial charge in [0.1, 0.15) is 18.3 Å². The fourth-order valence-corrected chi connectivity index (χ4v) is 2.63. The van der Waals surface area contributed by atoms with E-state index in [9.17, 15) is 20.1 Å². The van der Waals surface area contributed by atoms with Crippen molar-refractivity contribution in [3.05, 3.63) is 0 Å². The zero-order chi connectivity index (χ0) is 17.2. The van der Waals surface area contributed by atoms with Crippen molar-refractivity contribution in [2.75, 3.05) is 6.61 Å². The summed E-state index contributed by atoms with van der Waals surface area (Å²) < 4.78 is 10.4. The zero-order valence-electron chi connectivity index (χ0n) is 13.8. The van der Waals surface area contributed by atoms with Gasteiger partial charge in [0.2, 0.25) is 0 Å². The molecule has 0 amide bonds. The summed E-state index contributed by atoms with van der Waals surface area (Å²) in [6.45, 7) is 2.50. The van der Waals surface area contributed by atoms with E-state index in [1.165, 1.54) is 32.1 Å². The number of rotatable bonds is 11. The predicted molar refractivity (Wildman–Crippen MR) is 82.9 cm³/mol. The fraction of sp³-hybridized carbons (Fsp3) is 0.938. The number of hydrogen-bond acceptors (Lipinski definition) is 6. The van der Waals surface area contributed by atoms with Crippen molar-refractivity contribution in [3.8, 4) is 0 Å². The summed E-state index contributed by atoms with van der Waals surface area (Å²) in [5.41, 5.74) is 0. The summed E-state index contributed by atoms with van der Waals surface area (Å²) in [6, 6.07) is 0. The van der Waals surface area contributed by atoms with Crippen LogP contribution in [0.15, 0.2) is 0 Å². The van der Waals surface area contributed by atoms with Crippen LogP contribution in [0, 0.1) is 0 Å². The molecule has 4 N–H and O–H groups in total. The number of carboxylic acids is 1. The zero-order valence-corrected chi connectivity index (χ0v) is 13.8. The summed E-state index contributed by atoms with van der Waals surface area (Å²) in [5.74, 6) is -1.40. The summed E-state index contributed by atoms with van der Waals surface area (Å²) >= 11 is 0. The lowest BCUT2D eigenvalue weighted by Crippen LogP contribution is -2.60. The molecule has 136 valence electrons. The molecule has 0 aromatic rings. The number of aliphatic hydroxyl groups is 3. The van der Waals surface area contributed by atoms with Gasteiger partial charge in [0.25, 0.3) is 0 Å². The molecule has 0 bridgehead atoms. The first-order chi connectivity index (χ1) is 11.0. The molecule has 1 aliphatic rings. The number of aliphatic carboxylic acids is 1. The van der Waals surface area contributed by atoms with Crippen LogP contribution in [-0.2, 0) is 14.3 Å². The Hall–Kier alpha value is -0.730. The van der Waals surface area contributed by atoms with E-state index in [0.29, 0.717) is 6.61 Å². The van der Waals surface area contributed by atoms with Gasteiger partial charge in [-0.05, 0) is 6.42 Å². The molecule has 0 aliphatic carbocycles. The van der Waals surface area contributed by atoms with Crippen LogP contribution in [0.3, 0.4) is 0 Å². The van der Waals surface area contributed by atoms with E-state index in [-0.39, 0.29) is 0 Å². The smallest absolute Gasteiger partial charge is 0.335 e. The highest BCUT2D eigenvalue weighted by Gasteiger charge is 2.47. The second-order valence-electron chi connectivity index (χ2n) is 6.08. The molecule has 1 aliphatic heterocycles. The molecule has 1 fully saturated rings. The highest BCUT2D eigenvalue weighted by molar-refractivity contribution is 5.73. The number of aliphatic hydroxyl groups excluding tert-OH is 3. The second-order valence-corrected chi connectivity index (χ2v) is 6.08. The molecule has 23 heavy (non-hydrogen) atoms. The van der Waals surface area contributed by atoms with Crippen molar-refractivity contribution in [3.63, 3.8) is 0 Å². The van der Waals surface area contributed by atoms with Crippen molar-refractivity contribution in [2.24, 2.45) is 0 Å². The third kappa shape index (κ3) is 6.73. The molecule has 1 rings (SSSR count). The van der Waals surface area contributed by atoms with Gasteiger partial charge in [0.05, 0.1) is 0 Å². The van der Waals surface area contributed by atoms with Crippen LogP contribution < -0.4 is 0 Å². The normalized spacial score (nSPS) is 31.2. The quantitative estimate of drug-likeness (QED) is 0.417. The molecule has 5 atom stereocenters. The number of hydrogen-bond donors (Lipinski definition) is 4. The minimum Gasteiger partial charge on any atom is -0.479 e. The summed E-state index contributed by atoms with van der Waals surface area (Å²) in [7, 11) is 0. The molecule has 1 saturated heterocycles. The van der Waals surface area contributed by atoms with Gasteiger partial charge in [-0.1, -0.05) is 51.9 Å². The van der Waals surface area contributed by atoms with Crippen molar-refractivity contribution in [2.45, 2.75) is 89.0 Å². The lowest BCUT2D eigenvalue weighted by Gasteiger charge is -2.38. The van der Waals surface area contributed by atoms with Crippen LogP contribution in [0.25, 0.3) is 0 Å². The van der Waals surface area contributed by atoms with Crippen LogP contribution >= 0.6 is 0 Å². The van der Waals surface area contributed by atoms with Crippen molar-refractivity contribution in [1.29, 1.82) is 0 Å². The minimum absolute atomic E-state index is 0.311. The van der Waals surface area contributed by atoms with E-state index in [0.717, 1.165) is 19.3 Å². The molecule has 0 unspecified atom stereocenters. The van der Waals surface area contributed by atoms with Crippen molar-refractivity contribution < 1.29 is 34.7 Å². The third-order valence-electron chi connectivity index (χ3n) is 4.09. The first kappa shape index (κ1) is 20.3. The Morgan fingerprint density at radius 3 is 2.04 bits per heavy atom. The molecule has 0 saturated carbocycles. The SMILES string of the molecule is CCCCCCCCCCO[C@@H]1O[C@H](C(=O)O)[C@H](O)[C@H](O)[C@H]1O. The maximum absolute atomic E-state index is 11.0. The van der Waals surface area contributed by atoms with Gasteiger partial charge < -0.3 is 29.9 Å². The molecule has 0 aromatic carbocycles. The van der Waals surface area contributed by atoms with E-state index in [2.05, 4.69) is 6.92 Å². The lowest BCUT2D eigenvalue weighted by molar-refractivity contribution is -0.294. The Balaban J connectivity index is 2.19. The monoisotopic (exact) mass is 334 g/mol. The maximum atomic E-state index is 11.0. The van der Waals surface area contributed by atoms with E-state index in [1.54, 1.807) is 0 Å². The van der Waals surface area contributed by atoms with Crippen molar-refractivity contribution >= 4 is 5.97 Å². The van der Waals surface area contributed by atoms with Gasteiger partial charge in [0.15, 0.2) is 12.4 Å². The van der Waals surface area contributed by atoms with Crippen LogP contribution in [0.5, 0.6) is 0 Å². The Morgan fingerprint density at radius 2 is 1.48 bits per heavy atom. The topological polar surface area (TPSA) is 116 Å². The average Bonchev–Trinajstić information content (AvgIpc) is 2.52. The summed E-state index contributed by atoms with van der Waals surface area (Å²) in [4.78, 5) is 11.0. The lowest BCUT2D eigenvalue weighted by atomic mass is 9.99. The summed E-state index contributed by atoms with van der Waals surface area (Å²) in [6.07, 6.45) is 1.50. The molecular formula is C16H30O7. The summed E-state index contributed by atoms with van der Waals surface area (Å²) in [5, 5.41) is 37.9. The van der Waals surface area contributed by atoms with Gasteiger partial charge in [-0.2, -0.15) is 0 Å². The molecule has 0 spiro atoms. The average molecular weight is 334 g/mol. The predicted octanol–water partition coefficient (Wildman–Crippen LogP) is 1.04. The van der Waals surface area contributed by atoms with E-state index < -0.39 is 36.7 Å². The molecular weight excluding hydrogens is 304 g/mol. The van der Waals surface area contributed by atoms with Gasteiger partial charge >= 0.3 is 5.97 Å². The molecule has 0 aromatic heterocycles. The highest BCUT2D eigenvalue weighted by atomic mass is 16.7. The number of ether oxygens (including phenoxy) is 2. The van der Waals surface area contributed by atoms with E-state index in [1.807, 2.05) is 0 Å². The molecule has 7 nitrogen and oxygen atoms in total. The van der Waals surface area contributed by atoms with E-state index >= 15 is 0 Å². The minimum atomic E-state index is -1.68. The third-order valence-corrected chi connectivity index (χ3v) is 4.09. The Labute approximate surface area is 137 Å². The first-order valence-electron chi connectivity index (χ1n) is 8.53. The van der Waals surface area contributed by atoms with Crippen LogP contribution in [-0.4, -0.2) is 63.7 Å². The second kappa shape index (κ2) is 10.9. The van der Waals surface area contributed by atoms with Gasteiger partial charge in [-0.15, -0.1) is 0 Å². The Morgan fingerprint density at radius 1 is 0.913 bits per heavy atom. The highest BCUT2D eigenvalue weighted by Crippen LogP contribution is 2.22. The van der Waals surface area contributed by atoms with Crippen LogP contribution in [0.4, 0.5) is 0 Å². The largest absolute Gasteiger partial charge is 0.479 e. The molecule has 1 heterocycles. The van der Waals surface area contributed by atoms with Crippen molar-refractivity contribution in [1.82, 2.24) is 0 Å². The number of carboxylic acid groups (broad SMARTS) is 1. The van der Waals surface area contributed by atoms with Crippen LogP contribution in [0.2, 0.25) is 0 Å². The van der Waals surface area contributed by atoms with Gasteiger partial charge in [-0.3, -0.25) is 0 Å². The standard InChI is InChI=1S/C16H30O7/c1-2-3-4-5-6-7-8-9-10-22-16-13(19)11(17)12(18)14(23-16)15(20)21/h11-14,16-19H,2-10H2,1H3,(H,20,21)/t11-,12+,13+,14-,16+/m0/s1. The fourth-order valence-electron chi connectivity index (χ4n) is 2.63. The maximum Gasteiger partial charge on any atom is 0.335 e. The number of carbonyl (C=O) groups is 1. The van der Waals surface area contributed by atoms with E-state index in [4.69, 9.17) is 14.6 Å². The Kier molecular flexibility index (Phi) is 9.66. The number of unbranched alkanes of at least 4 members (excludes halogenated alkanes) is 7. The molecule has 0 radical (unpaired) electrons. The van der Waals surface area contributed by atoms with Gasteiger partial charge in [0, 0.05) is 6.61 Å². The molecule has 7 heteroatoms. The van der Waals surface area contributed by atoms with Crippen LogP contribution in [0.1, 0.15) is 58.3 Å².